The molecule has 1 fully saturated rings. The Hall–Kier alpha value is -1.31. The lowest BCUT2D eigenvalue weighted by Crippen LogP contribution is -2.35. The second-order valence-electron chi connectivity index (χ2n) is 4.41. The zero-order valence-electron chi connectivity index (χ0n) is 10.8. The summed E-state index contributed by atoms with van der Waals surface area (Å²) >= 11 is 0. The molecule has 94 valence electrons. The molecule has 0 aromatic rings. The first kappa shape index (κ1) is 13.8. The maximum atomic E-state index is 12.4. The van der Waals surface area contributed by atoms with Crippen molar-refractivity contribution in [1.82, 2.24) is 4.90 Å². The van der Waals surface area contributed by atoms with Crippen LogP contribution in [0.25, 0.3) is 0 Å². The van der Waals surface area contributed by atoms with Gasteiger partial charge in [-0.2, -0.15) is 0 Å². The fraction of sp³-hybridized carbons (Fsp3) is 0.533. The molecule has 0 saturated heterocycles. The molecule has 1 atom stereocenters. The van der Waals surface area contributed by atoms with E-state index >= 15 is 0 Å². The molecular weight excluding hydrogens is 210 g/mol. The fourth-order valence-corrected chi connectivity index (χ4v) is 2.38. The van der Waals surface area contributed by atoms with Crippen LogP contribution < -0.4 is 0 Å². The van der Waals surface area contributed by atoms with Gasteiger partial charge in [0.25, 0.3) is 0 Å². The number of allylic oxidation sites excluding steroid dienone is 2. The highest BCUT2D eigenvalue weighted by Gasteiger charge is 2.29. The van der Waals surface area contributed by atoms with Gasteiger partial charge in [0.1, 0.15) is 0 Å². The Labute approximate surface area is 105 Å². The van der Waals surface area contributed by atoms with Crippen LogP contribution in [0.1, 0.15) is 32.6 Å². The summed E-state index contributed by atoms with van der Waals surface area (Å²) in [5.74, 6) is 0.370. The van der Waals surface area contributed by atoms with Crippen LogP contribution in [-0.4, -0.2) is 23.9 Å². The van der Waals surface area contributed by atoms with Crippen molar-refractivity contribution in [3.8, 4) is 0 Å². The molecule has 0 aromatic heterocycles. The molecule has 0 unspecified atom stereocenters. The van der Waals surface area contributed by atoms with Gasteiger partial charge in [-0.25, -0.2) is 0 Å². The average molecular weight is 233 g/mol. The number of hydrogen-bond acceptors (Lipinski definition) is 1. The van der Waals surface area contributed by atoms with Crippen LogP contribution in [0.5, 0.6) is 0 Å². The molecule has 0 N–H and O–H groups in total. The van der Waals surface area contributed by atoms with Gasteiger partial charge in [0, 0.05) is 13.1 Å². The first-order valence-electron chi connectivity index (χ1n) is 6.44. The number of carbonyl (C=O) groups excluding carboxylic acids is 1. The molecule has 1 rings (SSSR count). The Morgan fingerprint density at radius 1 is 1.47 bits per heavy atom. The predicted octanol–water partition coefficient (Wildman–Crippen LogP) is 3.32. The quantitative estimate of drug-likeness (QED) is 0.644. The summed E-state index contributed by atoms with van der Waals surface area (Å²) in [6.45, 7) is 10.9. The Balaban J connectivity index is 2.72. The SMILES string of the molecule is C=CC/C=C1\CCC[C@H]1C(=O)N(CC)CC=C. The number of nitrogens with zero attached hydrogens (tertiary/aromatic N) is 1. The van der Waals surface area contributed by atoms with Crippen molar-refractivity contribution in [2.75, 3.05) is 13.1 Å². The molecule has 0 spiro atoms. The standard InChI is InChI=1S/C15H23NO/c1-4-7-9-13-10-8-11-14(13)15(17)16(6-3)12-5-2/h4-5,9,14H,1-2,6-8,10-12H2,3H3/b13-9+/t14-/m1/s1. The van der Waals surface area contributed by atoms with Crippen LogP contribution in [-0.2, 0) is 4.79 Å². The molecule has 2 heteroatoms. The number of amides is 1. The van der Waals surface area contributed by atoms with Crippen molar-refractivity contribution in [3.05, 3.63) is 37.0 Å². The molecule has 0 heterocycles. The van der Waals surface area contributed by atoms with Crippen LogP contribution in [0.4, 0.5) is 0 Å². The maximum Gasteiger partial charge on any atom is 0.230 e. The van der Waals surface area contributed by atoms with E-state index in [1.807, 2.05) is 17.9 Å². The molecule has 17 heavy (non-hydrogen) atoms. The smallest absolute Gasteiger partial charge is 0.230 e. The highest BCUT2D eigenvalue weighted by molar-refractivity contribution is 5.82. The normalized spacial score (nSPS) is 21.5. The molecular formula is C15H23NO. The van der Waals surface area contributed by atoms with E-state index in [9.17, 15) is 4.79 Å². The third-order valence-electron chi connectivity index (χ3n) is 3.29. The number of hydrogen-bond donors (Lipinski definition) is 0. The number of carbonyl (C=O) groups is 1. The Morgan fingerprint density at radius 2 is 2.24 bits per heavy atom. The molecule has 1 aliphatic rings. The highest BCUT2D eigenvalue weighted by atomic mass is 16.2. The van der Waals surface area contributed by atoms with Crippen molar-refractivity contribution < 1.29 is 4.79 Å². The zero-order valence-corrected chi connectivity index (χ0v) is 10.8. The number of likely N-dealkylation sites (N-methyl/N-ethyl adjacent to an activating group) is 1. The van der Waals surface area contributed by atoms with Gasteiger partial charge in [0.2, 0.25) is 5.91 Å². The maximum absolute atomic E-state index is 12.4. The lowest BCUT2D eigenvalue weighted by Gasteiger charge is -2.23. The molecule has 1 saturated carbocycles. The fourth-order valence-electron chi connectivity index (χ4n) is 2.38. The van der Waals surface area contributed by atoms with Crippen LogP contribution in [0.15, 0.2) is 37.0 Å². The Bertz CT molecular complexity index is 317. The van der Waals surface area contributed by atoms with E-state index in [4.69, 9.17) is 0 Å². The van der Waals surface area contributed by atoms with Gasteiger partial charge in [-0.15, -0.1) is 13.2 Å². The molecule has 0 bridgehead atoms. The molecule has 0 aromatic carbocycles. The van der Waals surface area contributed by atoms with Crippen molar-refractivity contribution in [1.29, 1.82) is 0 Å². The van der Waals surface area contributed by atoms with Crippen LogP contribution in [0, 0.1) is 5.92 Å². The topological polar surface area (TPSA) is 20.3 Å². The minimum Gasteiger partial charge on any atom is -0.339 e. The summed E-state index contributed by atoms with van der Waals surface area (Å²) in [4.78, 5) is 14.2. The Kier molecular flexibility index (Phi) is 5.75. The zero-order chi connectivity index (χ0) is 12.7. The molecule has 2 nitrogen and oxygen atoms in total. The summed E-state index contributed by atoms with van der Waals surface area (Å²) in [6, 6.07) is 0. The first-order chi connectivity index (χ1) is 8.24. The lowest BCUT2D eigenvalue weighted by atomic mass is 10.00. The third-order valence-corrected chi connectivity index (χ3v) is 3.29. The van der Waals surface area contributed by atoms with Gasteiger partial charge < -0.3 is 4.90 Å². The minimum atomic E-state index is 0.106. The van der Waals surface area contributed by atoms with Crippen molar-refractivity contribution >= 4 is 5.91 Å². The van der Waals surface area contributed by atoms with Gasteiger partial charge in [-0.05, 0) is 32.6 Å². The summed E-state index contributed by atoms with van der Waals surface area (Å²) in [6.07, 6.45) is 9.91. The molecule has 1 aliphatic carbocycles. The van der Waals surface area contributed by atoms with Gasteiger partial charge in [-0.1, -0.05) is 23.8 Å². The second kappa shape index (κ2) is 7.10. The second-order valence-corrected chi connectivity index (χ2v) is 4.41. The van der Waals surface area contributed by atoms with E-state index in [1.165, 1.54) is 5.57 Å². The van der Waals surface area contributed by atoms with Gasteiger partial charge >= 0.3 is 0 Å². The Morgan fingerprint density at radius 3 is 2.82 bits per heavy atom. The first-order valence-corrected chi connectivity index (χ1v) is 6.44. The van der Waals surface area contributed by atoms with Crippen molar-refractivity contribution in [2.24, 2.45) is 5.92 Å². The summed E-state index contributed by atoms with van der Waals surface area (Å²) in [5, 5.41) is 0. The molecule has 0 radical (unpaired) electrons. The monoisotopic (exact) mass is 233 g/mol. The van der Waals surface area contributed by atoms with Crippen molar-refractivity contribution in [3.63, 3.8) is 0 Å². The molecule has 0 aliphatic heterocycles. The van der Waals surface area contributed by atoms with Crippen LogP contribution in [0.3, 0.4) is 0 Å². The minimum absolute atomic E-state index is 0.106. The lowest BCUT2D eigenvalue weighted by molar-refractivity contribution is -0.133. The van der Waals surface area contributed by atoms with Crippen LogP contribution >= 0.6 is 0 Å². The predicted molar refractivity (Wildman–Crippen MR) is 72.7 cm³/mol. The largest absolute Gasteiger partial charge is 0.339 e. The third kappa shape index (κ3) is 3.58. The average Bonchev–Trinajstić information content (AvgIpc) is 2.80. The van der Waals surface area contributed by atoms with Gasteiger partial charge in [0.15, 0.2) is 0 Å². The number of rotatable bonds is 6. The van der Waals surface area contributed by atoms with E-state index in [0.717, 1.165) is 32.2 Å². The molecule has 1 amide bonds. The van der Waals surface area contributed by atoms with Gasteiger partial charge in [0.05, 0.1) is 5.92 Å². The van der Waals surface area contributed by atoms with Crippen LogP contribution in [0.2, 0.25) is 0 Å². The van der Waals surface area contributed by atoms with E-state index in [2.05, 4.69) is 19.2 Å². The van der Waals surface area contributed by atoms with Gasteiger partial charge in [-0.3, -0.25) is 4.79 Å². The van der Waals surface area contributed by atoms with Crippen molar-refractivity contribution in [2.45, 2.75) is 32.6 Å². The van der Waals surface area contributed by atoms with E-state index < -0.39 is 0 Å². The summed E-state index contributed by atoms with van der Waals surface area (Å²) in [7, 11) is 0. The van der Waals surface area contributed by atoms with E-state index in [0.29, 0.717) is 6.54 Å². The summed E-state index contributed by atoms with van der Waals surface area (Å²) in [5.41, 5.74) is 1.30. The van der Waals surface area contributed by atoms with E-state index in [-0.39, 0.29) is 11.8 Å². The highest BCUT2D eigenvalue weighted by Crippen LogP contribution is 2.32. The van der Waals surface area contributed by atoms with E-state index in [1.54, 1.807) is 6.08 Å². The summed E-state index contributed by atoms with van der Waals surface area (Å²) < 4.78 is 0.